The van der Waals surface area contributed by atoms with Gasteiger partial charge in [-0.15, -0.1) is 22.7 Å². The van der Waals surface area contributed by atoms with Gasteiger partial charge in [0, 0.05) is 20.3 Å². The average molecular weight is 279 g/mol. The SMILES string of the molecule is CNC(c1cc2sccc2s1)C1CCCC(C)C1. The number of fused-ring (bicyclic) bond motifs is 1. The Morgan fingerprint density at radius 1 is 1.33 bits per heavy atom. The number of hydrogen-bond donors (Lipinski definition) is 1. The Kier molecular flexibility index (Phi) is 3.73. The predicted molar refractivity (Wildman–Crippen MR) is 82.6 cm³/mol. The van der Waals surface area contributed by atoms with Gasteiger partial charge in [-0.05, 0) is 49.2 Å². The molecule has 1 fully saturated rings. The molecule has 0 radical (unpaired) electrons. The van der Waals surface area contributed by atoms with Gasteiger partial charge in [0.15, 0.2) is 0 Å². The zero-order chi connectivity index (χ0) is 12.5. The Hall–Kier alpha value is -0.380. The summed E-state index contributed by atoms with van der Waals surface area (Å²) < 4.78 is 2.92. The summed E-state index contributed by atoms with van der Waals surface area (Å²) in [6.45, 7) is 2.41. The zero-order valence-corrected chi connectivity index (χ0v) is 12.7. The van der Waals surface area contributed by atoms with Gasteiger partial charge in [0.2, 0.25) is 0 Å². The summed E-state index contributed by atoms with van der Waals surface area (Å²) >= 11 is 3.85. The summed E-state index contributed by atoms with van der Waals surface area (Å²) in [7, 11) is 2.12. The lowest BCUT2D eigenvalue weighted by Gasteiger charge is -2.32. The maximum absolute atomic E-state index is 3.57. The van der Waals surface area contributed by atoms with Crippen molar-refractivity contribution in [2.45, 2.75) is 38.6 Å². The van der Waals surface area contributed by atoms with Crippen LogP contribution in [-0.4, -0.2) is 7.05 Å². The Balaban J connectivity index is 1.84. The van der Waals surface area contributed by atoms with Crippen molar-refractivity contribution in [1.29, 1.82) is 0 Å². The van der Waals surface area contributed by atoms with Crippen LogP contribution in [0.5, 0.6) is 0 Å². The van der Waals surface area contributed by atoms with Crippen molar-refractivity contribution in [3.8, 4) is 0 Å². The molecule has 3 rings (SSSR count). The number of rotatable bonds is 3. The summed E-state index contributed by atoms with van der Waals surface area (Å²) in [6.07, 6.45) is 5.61. The van der Waals surface area contributed by atoms with Crippen LogP contribution in [0.25, 0.3) is 9.40 Å². The highest BCUT2D eigenvalue weighted by Gasteiger charge is 2.28. The molecule has 2 aromatic rings. The fourth-order valence-electron chi connectivity index (χ4n) is 3.33. The molecule has 1 N–H and O–H groups in total. The number of hydrogen-bond acceptors (Lipinski definition) is 3. The summed E-state index contributed by atoms with van der Waals surface area (Å²) in [5.74, 6) is 1.73. The third kappa shape index (κ3) is 2.36. The fourth-order valence-corrected chi connectivity index (χ4v) is 5.66. The first kappa shape index (κ1) is 12.6. The van der Waals surface area contributed by atoms with Gasteiger partial charge in [-0.2, -0.15) is 0 Å². The topological polar surface area (TPSA) is 12.0 Å². The molecule has 3 atom stereocenters. The van der Waals surface area contributed by atoms with Gasteiger partial charge >= 0.3 is 0 Å². The van der Waals surface area contributed by atoms with Crippen molar-refractivity contribution in [2.24, 2.45) is 11.8 Å². The van der Waals surface area contributed by atoms with Crippen LogP contribution in [0.2, 0.25) is 0 Å². The van der Waals surface area contributed by atoms with Crippen LogP contribution in [0.4, 0.5) is 0 Å². The van der Waals surface area contributed by atoms with Crippen molar-refractivity contribution in [3.05, 3.63) is 22.4 Å². The Bertz CT molecular complexity index is 485. The van der Waals surface area contributed by atoms with E-state index in [4.69, 9.17) is 0 Å². The fraction of sp³-hybridized carbons (Fsp3) is 0.600. The zero-order valence-electron chi connectivity index (χ0n) is 11.1. The maximum atomic E-state index is 3.57. The molecule has 0 aliphatic heterocycles. The molecule has 3 unspecified atom stereocenters. The quantitative estimate of drug-likeness (QED) is 0.829. The minimum Gasteiger partial charge on any atom is -0.312 e. The minimum atomic E-state index is 0.567. The molecule has 1 aliphatic rings. The second kappa shape index (κ2) is 5.32. The van der Waals surface area contributed by atoms with Gasteiger partial charge in [-0.3, -0.25) is 0 Å². The van der Waals surface area contributed by atoms with Crippen LogP contribution in [0.15, 0.2) is 17.5 Å². The van der Waals surface area contributed by atoms with Crippen molar-refractivity contribution >= 4 is 32.1 Å². The van der Waals surface area contributed by atoms with Crippen LogP contribution in [-0.2, 0) is 0 Å². The van der Waals surface area contributed by atoms with E-state index < -0.39 is 0 Å². The van der Waals surface area contributed by atoms with Gasteiger partial charge in [-0.25, -0.2) is 0 Å². The van der Waals surface area contributed by atoms with Crippen LogP contribution in [0.3, 0.4) is 0 Å². The lowest BCUT2D eigenvalue weighted by Crippen LogP contribution is -2.28. The molecule has 2 aromatic heterocycles. The van der Waals surface area contributed by atoms with Crippen LogP contribution < -0.4 is 5.32 Å². The monoisotopic (exact) mass is 279 g/mol. The standard InChI is InChI=1S/C15H21NS2/c1-10-4-3-5-11(8-10)15(16-2)14-9-13-12(18-14)6-7-17-13/h6-7,9-11,15-16H,3-5,8H2,1-2H3. The molecule has 0 saturated heterocycles. The van der Waals surface area contributed by atoms with Crippen molar-refractivity contribution < 1.29 is 0 Å². The summed E-state index contributed by atoms with van der Waals surface area (Å²) in [4.78, 5) is 1.54. The molecule has 98 valence electrons. The summed E-state index contributed by atoms with van der Waals surface area (Å²) in [6, 6.07) is 5.23. The van der Waals surface area contributed by atoms with E-state index in [1.807, 2.05) is 22.7 Å². The van der Waals surface area contributed by atoms with E-state index in [-0.39, 0.29) is 0 Å². The van der Waals surface area contributed by atoms with Gasteiger partial charge in [0.05, 0.1) is 0 Å². The molecule has 2 heterocycles. The molecule has 18 heavy (non-hydrogen) atoms. The van der Waals surface area contributed by atoms with Gasteiger partial charge in [0.1, 0.15) is 0 Å². The smallest absolute Gasteiger partial charge is 0.0454 e. The first-order valence-corrected chi connectivity index (χ1v) is 8.61. The molecule has 0 aromatic carbocycles. The van der Waals surface area contributed by atoms with Crippen LogP contribution in [0, 0.1) is 11.8 Å². The second-order valence-corrected chi connectivity index (χ2v) is 7.66. The Morgan fingerprint density at radius 2 is 2.22 bits per heavy atom. The van der Waals surface area contributed by atoms with E-state index in [1.165, 1.54) is 35.1 Å². The first-order chi connectivity index (χ1) is 8.78. The van der Waals surface area contributed by atoms with Crippen molar-refractivity contribution in [1.82, 2.24) is 5.32 Å². The number of thiophene rings is 2. The van der Waals surface area contributed by atoms with Crippen molar-refractivity contribution in [3.63, 3.8) is 0 Å². The lowest BCUT2D eigenvalue weighted by molar-refractivity contribution is 0.232. The maximum Gasteiger partial charge on any atom is 0.0454 e. The van der Waals surface area contributed by atoms with E-state index in [9.17, 15) is 0 Å². The summed E-state index contributed by atoms with van der Waals surface area (Å²) in [5, 5.41) is 5.77. The third-order valence-corrected chi connectivity index (χ3v) is 6.40. The largest absolute Gasteiger partial charge is 0.312 e. The average Bonchev–Trinajstić information content (AvgIpc) is 2.91. The Labute approximate surface area is 117 Å². The highest BCUT2D eigenvalue weighted by Crippen LogP contribution is 2.41. The molecule has 0 amide bonds. The van der Waals surface area contributed by atoms with Crippen LogP contribution >= 0.6 is 22.7 Å². The van der Waals surface area contributed by atoms with E-state index in [2.05, 4.69) is 36.8 Å². The van der Waals surface area contributed by atoms with Gasteiger partial charge in [-0.1, -0.05) is 19.8 Å². The van der Waals surface area contributed by atoms with Gasteiger partial charge < -0.3 is 5.32 Å². The van der Waals surface area contributed by atoms with Crippen molar-refractivity contribution in [2.75, 3.05) is 7.05 Å². The molecule has 1 nitrogen and oxygen atoms in total. The second-order valence-electron chi connectivity index (χ2n) is 5.60. The molecule has 3 heteroatoms. The normalized spacial score (nSPS) is 26.6. The van der Waals surface area contributed by atoms with Gasteiger partial charge in [0.25, 0.3) is 0 Å². The molecule has 0 bridgehead atoms. The molecule has 1 saturated carbocycles. The van der Waals surface area contributed by atoms with E-state index >= 15 is 0 Å². The predicted octanol–water partition coefficient (Wildman–Crippen LogP) is 5.05. The minimum absolute atomic E-state index is 0.567. The molecular weight excluding hydrogens is 258 g/mol. The first-order valence-electron chi connectivity index (χ1n) is 6.92. The van der Waals surface area contributed by atoms with Crippen LogP contribution in [0.1, 0.15) is 43.5 Å². The molecule has 1 aliphatic carbocycles. The Morgan fingerprint density at radius 3 is 2.94 bits per heavy atom. The lowest BCUT2D eigenvalue weighted by atomic mass is 9.78. The molecule has 0 spiro atoms. The highest BCUT2D eigenvalue weighted by molar-refractivity contribution is 7.26. The van der Waals surface area contributed by atoms with E-state index in [0.29, 0.717) is 6.04 Å². The third-order valence-electron chi connectivity index (χ3n) is 4.22. The summed E-state index contributed by atoms with van der Waals surface area (Å²) in [5.41, 5.74) is 0. The number of nitrogens with one attached hydrogen (secondary N) is 1. The van der Waals surface area contributed by atoms with E-state index in [0.717, 1.165) is 11.8 Å². The molecular formula is C15H21NS2. The van der Waals surface area contributed by atoms with E-state index in [1.54, 1.807) is 4.88 Å². The highest BCUT2D eigenvalue weighted by atomic mass is 32.1.